The average molecular weight is 257 g/mol. The first kappa shape index (κ1) is 12.5. The number of hydrogen-bond acceptors (Lipinski definition) is 3. The van der Waals surface area contributed by atoms with Gasteiger partial charge < -0.3 is 5.32 Å². The average Bonchev–Trinajstić information content (AvgIpc) is 2.93. The van der Waals surface area contributed by atoms with Gasteiger partial charge in [-0.05, 0) is 18.1 Å². The summed E-state index contributed by atoms with van der Waals surface area (Å²) in [6, 6.07) is 8.18. The molecule has 0 aliphatic carbocycles. The third kappa shape index (κ3) is 3.05. The van der Waals surface area contributed by atoms with Crippen LogP contribution in [-0.2, 0) is 6.42 Å². The molecule has 0 saturated carbocycles. The van der Waals surface area contributed by atoms with E-state index in [0.29, 0.717) is 5.70 Å². The van der Waals surface area contributed by atoms with Crippen LogP contribution in [0, 0.1) is 0 Å². The number of anilines is 1. The van der Waals surface area contributed by atoms with Gasteiger partial charge in [-0.25, -0.2) is 9.98 Å². The summed E-state index contributed by atoms with van der Waals surface area (Å²) in [5, 5.41) is 5.94. The molecule has 0 radical (unpaired) electrons. The zero-order valence-corrected chi connectivity index (χ0v) is 11.1. The number of hydrogen-bond donors (Lipinski definition) is 1. The number of nitrogens with zero attached hydrogens (tertiary/aromatic N) is 2. The van der Waals surface area contributed by atoms with Crippen LogP contribution < -0.4 is 5.32 Å². The van der Waals surface area contributed by atoms with E-state index >= 15 is 0 Å². The lowest BCUT2D eigenvalue weighted by atomic mass is 10.1. The highest BCUT2D eigenvalue weighted by molar-refractivity contribution is 7.10. The van der Waals surface area contributed by atoms with Gasteiger partial charge in [-0.15, -0.1) is 11.3 Å². The molecule has 0 aliphatic rings. The van der Waals surface area contributed by atoms with Crippen molar-refractivity contribution in [2.75, 3.05) is 5.32 Å². The van der Waals surface area contributed by atoms with Crippen LogP contribution in [0.1, 0.15) is 17.5 Å². The number of nitrogens with one attached hydrogen (secondary N) is 1. The Bertz CT molecular complexity index is 544. The van der Waals surface area contributed by atoms with E-state index in [0.717, 1.165) is 17.1 Å². The molecule has 1 aromatic carbocycles. The molecule has 0 saturated heterocycles. The van der Waals surface area contributed by atoms with Gasteiger partial charge in [0.2, 0.25) is 0 Å². The van der Waals surface area contributed by atoms with Gasteiger partial charge in [0.1, 0.15) is 5.01 Å². The molecule has 92 valence electrons. The molecule has 0 amide bonds. The van der Waals surface area contributed by atoms with Crippen LogP contribution in [0.15, 0.2) is 47.4 Å². The van der Waals surface area contributed by atoms with E-state index in [2.05, 4.69) is 34.9 Å². The van der Waals surface area contributed by atoms with Gasteiger partial charge in [0.15, 0.2) is 0 Å². The van der Waals surface area contributed by atoms with Gasteiger partial charge in [-0.1, -0.05) is 31.7 Å². The van der Waals surface area contributed by atoms with E-state index in [9.17, 15) is 0 Å². The van der Waals surface area contributed by atoms with E-state index in [1.165, 1.54) is 16.9 Å². The second kappa shape index (κ2) is 6.12. The number of benzene rings is 1. The van der Waals surface area contributed by atoms with Crippen molar-refractivity contribution in [3.05, 3.63) is 53.0 Å². The van der Waals surface area contributed by atoms with Gasteiger partial charge in [0, 0.05) is 17.3 Å². The van der Waals surface area contributed by atoms with Gasteiger partial charge >= 0.3 is 0 Å². The zero-order chi connectivity index (χ0) is 12.8. The van der Waals surface area contributed by atoms with Crippen LogP contribution in [0.5, 0.6) is 0 Å². The minimum Gasteiger partial charge on any atom is -0.346 e. The smallest absolute Gasteiger partial charge is 0.141 e. The third-order valence-electron chi connectivity index (χ3n) is 2.52. The highest BCUT2D eigenvalue weighted by Gasteiger charge is 1.99. The van der Waals surface area contributed by atoms with Crippen molar-refractivity contribution < 1.29 is 0 Å². The summed E-state index contributed by atoms with van der Waals surface area (Å²) >= 11 is 1.53. The van der Waals surface area contributed by atoms with Crippen LogP contribution in [0.2, 0.25) is 0 Å². The fourth-order valence-electron chi connectivity index (χ4n) is 1.57. The molecule has 4 heteroatoms. The molecule has 2 rings (SSSR count). The van der Waals surface area contributed by atoms with Crippen molar-refractivity contribution in [1.82, 2.24) is 4.98 Å². The topological polar surface area (TPSA) is 37.3 Å². The molecule has 3 nitrogen and oxygen atoms in total. The van der Waals surface area contributed by atoms with Gasteiger partial charge in [-0.3, -0.25) is 0 Å². The molecule has 1 aromatic heterocycles. The predicted molar refractivity (Wildman–Crippen MR) is 79.1 cm³/mol. The molecule has 0 spiro atoms. The molecule has 0 atom stereocenters. The third-order valence-corrected chi connectivity index (χ3v) is 3.34. The zero-order valence-electron chi connectivity index (χ0n) is 10.3. The van der Waals surface area contributed by atoms with Gasteiger partial charge in [-0.2, -0.15) is 0 Å². The summed E-state index contributed by atoms with van der Waals surface area (Å²) in [5.41, 5.74) is 3.02. The van der Waals surface area contributed by atoms with Crippen molar-refractivity contribution in [2.24, 2.45) is 4.99 Å². The Labute approximate surface area is 111 Å². The first-order valence-corrected chi connectivity index (χ1v) is 6.65. The number of para-hydroxylation sites is 1. The lowest BCUT2D eigenvalue weighted by Crippen LogP contribution is -1.98. The van der Waals surface area contributed by atoms with Gasteiger partial charge in [0.05, 0.1) is 12.0 Å². The van der Waals surface area contributed by atoms with E-state index < -0.39 is 0 Å². The minimum absolute atomic E-state index is 0.673. The highest BCUT2D eigenvalue weighted by atomic mass is 32.1. The number of aliphatic imine (C=N–C) groups is 1. The molecule has 0 fully saturated rings. The fraction of sp³-hybridized carbons (Fsp3) is 0.143. The van der Waals surface area contributed by atoms with Crippen LogP contribution in [0.3, 0.4) is 0 Å². The maximum Gasteiger partial charge on any atom is 0.141 e. The molecule has 0 aliphatic heterocycles. The van der Waals surface area contributed by atoms with Crippen LogP contribution in [0.25, 0.3) is 5.70 Å². The summed E-state index contributed by atoms with van der Waals surface area (Å²) in [5.74, 6) is 0. The lowest BCUT2D eigenvalue weighted by molar-refractivity contribution is 1.14. The predicted octanol–water partition coefficient (Wildman–Crippen LogP) is 3.82. The molecule has 2 aromatic rings. The molecular formula is C14H15N3S. The number of rotatable bonds is 5. The SMILES string of the molecule is C=C(/N=C/Nc1ccccc1CC)c1nccs1. The van der Waals surface area contributed by atoms with E-state index in [1.807, 2.05) is 23.6 Å². The van der Waals surface area contributed by atoms with E-state index in [1.54, 1.807) is 12.5 Å². The minimum atomic E-state index is 0.673. The summed E-state index contributed by atoms with van der Waals surface area (Å²) in [4.78, 5) is 8.41. The second-order valence-corrected chi connectivity index (χ2v) is 4.59. The molecule has 0 unspecified atom stereocenters. The maximum atomic E-state index is 4.25. The Morgan fingerprint density at radius 3 is 3.06 bits per heavy atom. The quantitative estimate of drug-likeness (QED) is 0.653. The monoisotopic (exact) mass is 257 g/mol. The molecule has 1 heterocycles. The fourth-order valence-corrected chi connectivity index (χ4v) is 2.13. The van der Waals surface area contributed by atoms with Crippen LogP contribution >= 0.6 is 11.3 Å². The summed E-state index contributed by atoms with van der Waals surface area (Å²) < 4.78 is 0. The standard InChI is InChI=1S/C14H15N3S/c1-3-12-6-4-5-7-13(12)17-10-16-11(2)14-15-8-9-18-14/h4-10H,2-3H2,1H3,(H,16,17). The first-order chi connectivity index (χ1) is 8.81. The van der Waals surface area contributed by atoms with Crippen molar-refractivity contribution in [1.29, 1.82) is 0 Å². The largest absolute Gasteiger partial charge is 0.346 e. The summed E-state index contributed by atoms with van der Waals surface area (Å²) in [7, 11) is 0. The van der Waals surface area contributed by atoms with Crippen LogP contribution in [0.4, 0.5) is 5.69 Å². The van der Waals surface area contributed by atoms with E-state index in [4.69, 9.17) is 0 Å². The Hall–Kier alpha value is -1.94. The molecule has 18 heavy (non-hydrogen) atoms. The maximum absolute atomic E-state index is 4.25. The Kier molecular flexibility index (Phi) is 4.25. The van der Waals surface area contributed by atoms with Crippen LogP contribution in [-0.4, -0.2) is 11.3 Å². The normalized spacial score (nSPS) is 10.7. The van der Waals surface area contributed by atoms with Crippen molar-refractivity contribution in [3.63, 3.8) is 0 Å². The van der Waals surface area contributed by atoms with Crippen molar-refractivity contribution >= 4 is 29.1 Å². The summed E-state index contributed by atoms with van der Waals surface area (Å²) in [6.45, 7) is 6.01. The Balaban J connectivity index is 2.01. The van der Waals surface area contributed by atoms with E-state index in [-0.39, 0.29) is 0 Å². The first-order valence-electron chi connectivity index (χ1n) is 5.77. The lowest BCUT2D eigenvalue weighted by Gasteiger charge is -2.06. The number of thiazole rings is 1. The number of aryl methyl sites for hydroxylation is 1. The van der Waals surface area contributed by atoms with Crippen molar-refractivity contribution in [2.45, 2.75) is 13.3 Å². The molecule has 1 N–H and O–H groups in total. The second-order valence-electron chi connectivity index (χ2n) is 3.70. The molecule has 0 bridgehead atoms. The Morgan fingerprint density at radius 2 is 2.33 bits per heavy atom. The summed E-state index contributed by atoms with van der Waals surface area (Å²) in [6.07, 6.45) is 4.41. The highest BCUT2D eigenvalue weighted by Crippen LogP contribution is 2.17. The Morgan fingerprint density at radius 1 is 1.50 bits per heavy atom. The molecular weight excluding hydrogens is 242 g/mol. The van der Waals surface area contributed by atoms with Gasteiger partial charge in [0.25, 0.3) is 0 Å². The van der Waals surface area contributed by atoms with Crippen molar-refractivity contribution in [3.8, 4) is 0 Å². The number of aromatic nitrogens is 1.